The SMILES string of the molecule is CN(Cc1ncc[nH]1)S(=O)(=O)c1c[nH]c2cc(N)ccc12. The van der Waals surface area contributed by atoms with E-state index < -0.39 is 10.0 Å². The molecule has 4 N–H and O–H groups in total. The standard InChI is InChI=1S/C13H15N5O2S/c1-18(8-13-15-4-5-16-13)21(19,20)12-7-17-11-6-9(14)2-3-10(11)12/h2-7,17H,8,14H2,1H3,(H,15,16). The predicted molar refractivity (Wildman–Crippen MR) is 80.0 cm³/mol. The Hall–Kier alpha value is -2.32. The van der Waals surface area contributed by atoms with Crippen molar-refractivity contribution < 1.29 is 8.42 Å². The summed E-state index contributed by atoms with van der Waals surface area (Å²) in [6, 6.07) is 5.09. The summed E-state index contributed by atoms with van der Waals surface area (Å²) in [6.07, 6.45) is 4.73. The van der Waals surface area contributed by atoms with E-state index in [4.69, 9.17) is 5.73 Å². The Balaban J connectivity index is 2.00. The smallest absolute Gasteiger partial charge is 0.245 e. The molecular formula is C13H15N5O2S. The number of aromatic nitrogens is 3. The van der Waals surface area contributed by atoms with Crippen LogP contribution in [-0.4, -0.2) is 34.7 Å². The highest BCUT2D eigenvalue weighted by atomic mass is 32.2. The maximum Gasteiger partial charge on any atom is 0.245 e. The number of H-pyrrole nitrogens is 2. The number of hydrogen-bond donors (Lipinski definition) is 3. The van der Waals surface area contributed by atoms with E-state index in [1.165, 1.54) is 17.5 Å². The second-order valence-corrected chi connectivity index (χ2v) is 6.77. The first kappa shape index (κ1) is 13.7. The van der Waals surface area contributed by atoms with Crippen molar-refractivity contribution in [3.63, 3.8) is 0 Å². The molecule has 0 amide bonds. The zero-order chi connectivity index (χ0) is 15.0. The minimum atomic E-state index is -3.61. The topological polar surface area (TPSA) is 108 Å². The first-order chi connectivity index (χ1) is 9.98. The van der Waals surface area contributed by atoms with E-state index in [1.807, 2.05) is 0 Å². The molecule has 0 bridgehead atoms. The van der Waals surface area contributed by atoms with Gasteiger partial charge in [-0.2, -0.15) is 4.31 Å². The molecule has 0 fully saturated rings. The van der Waals surface area contributed by atoms with Crippen molar-refractivity contribution in [1.82, 2.24) is 19.3 Å². The highest BCUT2D eigenvalue weighted by molar-refractivity contribution is 7.89. The second kappa shape index (κ2) is 4.90. The van der Waals surface area contributed by atoms with Crippen molar-refractivity contribution in [2.45, 2.75) is 11.4 Å². The van der Waals surface area contributed by atoms with Crippen LogP contribution in [0.1, 0.15) is 5.82 Å². The van der Waals surface area contributed by atoms with Crippen LogP contribution in [0, 0.1) is 0 Å². The molecule has 3 aromatic rings. The lowest BCUT2D eigenvalue weighted by molar-refractivity contribution is 0.459. The molecule has 0 saturated heterocycles. The van der Waals surface area contributed by atoms with Crippen molar-refractivity contribution in [1.29, 1.82) is 0 Å². The highest BCUT2D eigenvalue weighted by Gasteiger charge is 2.24. The van der Waals surface area contributed by atoms with Gasteiger partial charge in [-0.05, 0) is 18.2 Å². The normalized spacial score (nSPS) is 12.3. The van der Waals surface area contributed by atoms with Crippen LogP contribution in [0.15, 0.2) is 41.7 Å². The third-order valence-corrected chi connectivity index (χ3v) is 5.13. The fourth-order valence-electron chi connectivity index (χ4n) is 2.18. The number of imidazole rings is 1. The van der Waals surface area contributed by atoms with Crippen LogP contribution in [-0.2, 0) is 16.6 Å². The maximum absolute atomic E-state index is 12.7. The minimum absolute atomic E-state index is 0.178. The van der Waals surface area contributed by atoms with Crippen LogP contribution in [0.3, 0.4) is 0 Å². The Labute approximate surface area is 121 Å². The number of rotatable bonds is 4. The summed E-state index contributed by atoms with van der Waals surface area (Å²) in [6.45, 7) is 0.178. The van der Waals surface area contributed by atoms with Crippen LogP contribution < -0.4 is 5.73 Å². The van der Waals surface area contributed by atoms with Crippen LogP contribution in [0.4, 0.5) is 5.69 Å². The second-order valence-electron chi connectivity index (χ2n) is 4.75. The number of hydrogen-bond acceptors (Lipinski definition) is 4. The Morgan fingerprint density at radius 2 is 2.14 bits per heavy atom. The van der Waals surface area contributed by atoms with Gasteiger partial charge >= 0.3 is 0 Å². The predicted octanol–water partition coefficient (Wildman–Crippen LogP) is 1.29. The summed E-state index contributed by atoms with van der Waals surface area (Å²) < 4.78 is 26.6. The summed E-state index contributed by atoms with van der Waals surface area (Å²) >= 11 is 0. The number of nitrogens with one attached hydrogen (secondary N) is 2. The Morgan fingerprint density at radius 1 is 1.33 bits per heavy atom. The number of nitrogens with zero attached hydrogens (tertiary/aromatic N) is 2. The molecule has 0 radical (unpaired) electrons. The summed E-state index contributed by atoms with van der Waals surface area (Å²) in [4.78, 5) is 10.1. The molecule has 0 aliphatic heterocycles. The van der Waals surface area contributed by atoms with Crippen molar-refractivity contribution in [2.75, 3.05) is 12.8 Å². The quantitative estimate of drug-likeness (QED) is 0.631. The molecule has 3 rings (SSSR count). The minimum Gasteiger partial charge on any atom is -0.399 e. The average Bonchev–Trinajstić information content (AvgIpc) is 3.07. The van der Waals surface area contributed by atoms with Crippen LogP contribution in [0.2, 0.25) is 0 Å². The van der Waals surface area contributed by atoms with Crippen LogP contribution in [0.5, 0.6) is 0 Å². The summed E-state index contributed by atoms with van der Waals surface area (Å²) in [5.41, 5.74) is 6.98. The van der Waals surface area contributed by atoms with Gasteiger partial charge in [0.05, 0.1) is 6.54 Å². The lowest BCUT2D eigenvalue weighted by atomic mass is 10.2. The molecule has 0 aliphatic carbocycles. The first-order valence-electron chi connectivity index (χ1n) is 6.29. The first-order valence-corrected chi connectivity index (χ1v) is 7.73. The number of nitrogens with two attached hydrogens (primary N) is 1. The van der Waals surface area contributed by atoms with E-state index in [0.717, 1.165) is 0 Å². The van der Waals surface area contributed by atoms with E-state index in [1.54, 1.807) is 30.6 Å². The number of aromatic amines is 2. The van der Waals surface area contributed by atoms with Crippen LogP contribution >= 0.6 is 0 Å². The Bertz CT molecular complexity index is 867. The molecule has 110 valence electrons. The molecule has 1 aromatic carbocycles. The third kappa shape index (κ3) is 2.39. The molecule has 0 unspecified atom stereocenters. The van der Waals surface area contributed by atoms with E-state index in [0.29, 0.717) is 22.4 Å². The Kier molecular flexibility index (Phi) is 3.19. The van der Waals surface area contributed by atoms with Crippen LogP contribution in [0.25, 0.3) is 10.9 Å². The number of fused-ring (bicyclic) bond motifs is 1. The molecule has 0 spiro atoms. The number of sulfonamides is 1. The number of benzene rings is 1. The molecule has 0 saturated carbocycles. The summed E-state index contributed by atoms with van der Waals surface area (Å²) in [5, 5.41) is 0.621. The van der Waals surface area contributed by atoms with Gasteiger partial charge in [0.25, 0.3) is 0 Å². The van der Waals surface area contributed by atoms with E-state index in [-0.39, 0.29) is 11.4 Å². The van der Waals surface area contributed by atoms with Gasteiger partial charge in [0.1, 0.15) is 10.7 Å². The van der Waals surface area contributed by atoms with Gasteiger partial charge in [-0.3, -0.25) is 0 Å². The van der Waals surface area contributed by atoms with E-state index in [9.17, 15) is 8.42 Å². The number of anilines is 1. The van der Waals surface area contributed by atoms with Gasteiger partial charge in [-0.25, -0.2) is 13.4 Å². The molecule has 2 aromatic heterocycles. The van der Waals surface area contributed by atoms with Crippen molar-refractivity contribution in [2.24, 2.45) is 0 Å². The van der Waals surface area contributed by atoms with Gasteiger partial charge in [-0.15, -0.1) is 0 Å². The molecule has 2 heterocycles. The lowest BCUT2D eigenvalue weighted by Gasteiger charge is -2.15. The number of nitrogen functional groups attached to an aromatic ring is 1. The molecule has 8 heteroatoms. The van der Waals surface area contributed by atoms with Gasteiger partial charge in [0.15, 0.2) is 0 Å². The maximum atomic E-state index is 12.7. The molecule has 21 heavy (non-hydrogen) atoms. The van der Waals surface area contributed by atoms with E-state index >= 15 is 0 Å². The average molecular weight is 305 g/mol. The Morgan fingerprint density at radius 3 is 2.86 bits per heavy atom. The van der Waals surface area contributed by atoms with Gasteiger partial charge in [0.2, 0.25) is 10.0 Å². The van der Waals surface area contributed by atoms with Gasteiger partial charge < -0.3 is 15.7 Å². The molecular weight excluding hydrogens is 290 g/mol. The molecule has 7 nitrogen and oxygen atoms in total. The van der Waals surface area contributed by atoms with Crippen molar-refractivity contribution in [3.8, 4) is 0 Å². The fourth-order valence-corrected chi connectivity index (χ4v) is 3.47. The zero-order valence-corrected chi connectivity index (χ0v) is 12.2. The molecule has 0 atom stereocenters. The third-order valence-electron chi connectivity index (χ3n) is 3.28. The van der Waals surface area contributed by atoms with E-state index in [2.05, 4.69) is 15.0 Å². The zero-order valence-electron chi connectivity index (χ0n) is 11.4. The summed E-state index contributed by atoms with van der Waals surface area (Å²) in [5.74, 6) is 0.588. The summed E-state index contributed by atoms with van der Waals surface area (Å²) in [7, 11) is -2.09. The fraction of sp³-hybridized carbons (Fsp3) is 0.154. The molecule has 0 aliphatic rings. The van der Waals surface area contributed by atoms with Crippen molar-refractivity contribution >= 4 is 26.6 Å². The highest BCUT2D eigenvalue weighted by Crippen LogP contribution is 2.26. The lowest BCUT2D eigenvalue weighted by Crippen LogP contribution is -2.26. The van der Waals surface area contributed by atoms with Gasteiger partial charge in [-0.1, -0.05) is 0 Å². The van der Waals surface area contributed by atoms with Gasteiger partial charge in [0, 0.05) is 42.2 Å². The monoisotopic (exact) mass is 305 g/mol. The largest absolute Gasteiger partial charge is 0.399 e. The van der Waals surface area contributed by atoms with Crippen molar-refractivity contribution in [3.05, 3.63) is 42.6 Å².